The Morgan fingerprint density at radius 1 is 1.19 bits per heavy atom. The van der Waals surface area contributed by atoms with Gasteiger partial charge in [0.25, 0.3) is 0 Å². The second-order valence-corrected chi connectivity index (χ2v) is 6.34. The Labute approximate surface area is 133 Å². The topological polar surface area (TPSA) is 52.6 Å². The summed E-state index contributed by atoms with van der Waals surface area (Å²) >= 11 is 3.42. The van der Waals surface area contributed by atoms with Crippen LogP contribution in [0.4, 0.5) is 0 Å². The number of esters is 2. The van der Waals surface area contributed by atoms with Crippen molar-refractivity contribution in [3.05, 3.63) is 29.3 Å². The number of halogens is 1. The van der Waals surface area contributed by atoms with Crippen LogP contribution in [0, 0.1) is 5.41 Å². The Kier molecular flexibility index (Phi) is 6.40. The molecule has 0 radical (unpaired) electrons. The van der Waals surface area contributed by atoms with Gasteiger partial charge >= 0.3 is 11.9 Å². The second-order valence-electron chi connectivity index (χ2n) is 5.78. The van der Waals surface area contributed by atoms with Crippen molar-refractivity contribution in [3.63, 3.8) is 0 Å². The fourth-order valence-electron chi connectivity index (χ4n) is 1.63. The van der Waals surface area contributed by atoms with Crippen LogP contribution in [0.15, 0.2) is 18.2 Å². The number of carbonyl (C=O) groups is 2. The number of alkyl halides is 1. The van der Waals surface area contributed by atoms with E-state index in [1.165, 1.54) is 7.11 Å². The van der Waals surface area contributed by atoms with Crippen LogP contribution in [0.3, 0.4) is 0 Å². The van der Waals surface area contributed by atoms with Crippen LogP contribution in [0.25, 0.3) is 0 Å². The van der Waals surface area contributed by atoms with E-state index >= 15 is 0 Å². The summed E-state index contributed by atoms with van der Waals surface area (Å²) in [4.78, 5) is 23.1. The highest BCUT2D eigenvalue weighted by atomic mass is 79.9. The lowest BCUT2D eigenvalue weighted by molar-refractivity contribution is -0.143. The molecule has 0 fully saturated rings. The summed E-state index contributed by atoms with van der Waals surface area (Å²) in [6.07, 6.45) is 0.929. The molecule has 0 spiro atoms. The molecule has 0 N–H and O–H groups in total. The van der Waals surface area contributed by atoms with E-state index in [2.05, 4.69) is 20.7 Å². The lowest BCUT2D eigenvalue weighted by Crippen LogP contribution is -2.25. The first-order valence-corrected chi connectivity index (χ1v) is 7.87. The number of hydrogen-bond donors (Lipinski definition) is 0. The number of aryl methyl sites for hydroxylation is 1. The highest BCUT2D eigenvalue weighted by Crippen LogP contribution is 2.24. The van der Waals surface area contributed by atoms with Crippen molar-refractivity contribution in [3.8, 4) is 5.75 Å². The van der Waals surface area contributed by atoms with Crippen molar-refractivity contribution in [2.75, 3.05) is 7.11 Å². The maximum Gasteiger partial charge on any atom is 0.316 e. The van der Waals surface area contributed by atoms with E-state index < -0.39 is 5.41 Å². The molecule has 0 aliphatic heterocycles. The second kappa shape index (κ2) is 7.59. The average Bonchev–Trinajstić information content (AvgIpc) is 2.44. The van der Waals surface area contributed by atoms with Crippen LogP contribution in [-0.4, -0.2) is 19.0 Å². The summed E-state index contributed by atoms with van der Waals surface area (Å²) < 4.78 is 10.0. The first kappa shape index (κ1) is 17.7. The lowest BCUT2D eigenvalue weighted by atomic mass is 9.97. The third kappa shape index (κ3) is 5.50. The number of rotatable bonds is 5. The van der Waals surface area contributed by atoms with Crippen molar-refractivity contribution in [2.24, 2.45) is 5.41 Å². The molecular weight excluding hydrogens is 336 g/mol. The van der Waals surface area contributed by atoms with Gasteiger partial charge in [0.1, 0.15) is 5.75 Å². The predicted molar refractivity (Wildman–Crippen MR) is 84.5 cm³/mol. The van der Waals surface area contributed by atoms with E-state index in [9.17, 15) is 9.59 Å². The zero-order chi connectivity index (χ0) is 16.0. The first-order chi connectivity index (χ1) is 9.77. The number of methoxy groups -OCH3 is 1. The molecule has 21 heavy (non-hydrogen) atoms. The van der Waals surface area contributed by atoms with Gasteiger partial charge in [0.2, 0.25) is 0 Å². The summed E-state index contributed by atoms with van der Waals surface area (Å²) in [6, 6.07) is 5.46. The first-order valence-electron chi connectivity index (χ1n) is 6.74. The number of benzene rings is 1. The van der Waals surface area contributed by atoms with Crippen LogP contribution in [-0.2, 0) is 26.1 Å². The van der Waals surface area contributed by atoms with E-state index in [4.69, 9.17) is 4.74 Å². The summed E-state index contributed by atoms with van der Waals surface area (Å²) in [5.74, 6) is 0.00952. The normalized spacial score (nSPS) is 11.1. The van der Waals surface area contributed by atoms with E-state index in [0.29, 0.717) is 23.9 Å². The summed E-state index contributed by atoms with van der Waals surface area (Å²) in [7, 11) is 1.38. The fraction of sp³-hybridized carbons (Fsp3) is 0.500. The van der Waals surface area contributed by atoms with Crippen molar-refractivity contribution in [1.82, 2.24) is 0 Å². The van der Waals surface area contributed by atoms with Gasteiger partial charge in [-0.15, -0.1) is 0 Å². The van der Waals surface area contributed by atoms with E-state index in [-0.39, 0.29) is 11.9 Å². The molecule has 0 unspecified atom stereocenters. The van der Waals surface area contributed by atoms with Gasteiger partial charge in [-0.3, -0.25) is 9.59 Å². The van der Waals surface area contributed by atoms with Crippen molar-refractivity contribution >= 4 is 27.9 Å². The Bertz CT molecular complexity index is 517. The smallest absolute Gasteiger partial charge is 0.316 e. The Morgan fingerprint density at radius 2 is 1.86 bits per heavy atom. The predicted octanol–water partition coefficient (Wildman–Crippen LogP) is 3.64. The molecule has 1 rings (SSSR count). The van der Waals surface area contributed by atoms with Gasteiger partial charge in [0.15, 0.2) is 0 Å². The Balaban J connectivity index is 2.83. The molecule has 1 aromatic rings. The number of carbonyl (C=O) groups excluding carboxylic acids is 2. The van der Waals surface area contributed by atoms with Gasteiger partial charge < -0.3 is 9.47 Å². The number of ether oxygens (including phenoxy) is 2. The van der Waals surface area contributed by atoms with Gasteiger partial charge in [0, 0.05) is 11.8 Å². The zero-order valence-electron chi connectivity index (χ0n) is 12.9. The Hall–Kier alpha value is -1.36. The summed E-state index contributed by atoms with van der Waals surface area (Å²) in [5.41, 5.74) is 1.49. The molecule has 1 aromatic carbocycles. The third-order valence-corrected chi connectivity index (χ3v) is 3.57. The monoisotopic (exact) mass is 356 g/mol. The van der Waals surface area contributed by atoms with E-state index in [0.717, 1.165) is 11.1 Å². The lowest BCUT2D eigenvalue weighted by Gasteiger charge is -2.17. The van der Waals surface area contributed by atoms with Crippen LogP contribution in [0.2, 0.25) is 0 Å². The Morgan fingerprint density at radius 3 is 2.38 bits per heavy atom. The maximum atomic E-state index is 11.9. The van der Waals surface area contributed by atoms with E-state index in [1.807, 2.05) is 32.9 Å². The molecule has 0 aliphatic carbocycles. The van der Waals surface area contributed by atoms with Crippen molar-refractivity contribution in [2.45, 2.75) is 38.9 Å². The molecule has 0 saturated heterocycles. The highest BCUT2D eigenvalue weighted by molar-refractivity contribution is 9.08. The molecule has 0 amide bonds. The van der Waals surface area contributed by atoms with Crippen LogP contribution in [0.5, 0.6) is 5.75 Å². The molecule has 0 aliphatic rings. The number of hydrogen-bond acceptors (Lipinski definition) is 4. The van der Waals surface area contributed by atoms with Gasteiger partial charge in [-0.1, -0.05) is 22.0 Å². The van der Waals surface area contributed by atoms with Gasteiger partial charge in [-0.05, 0) is 50.5 Å². The van der Waals surface area contributed by atoms with Gasteiger partial charge in [-0.2, -0.15) is 0 Å². The molecule has 0 aromatic heterocycles. The van der Waals surface area contributed by atoms with Crippen molar-refractivity contribution < 1.29 is 19.1 Å². The molecule has 5 heteroatoms. The van der Waals surface area contributed by atoms with Gasteiger partial charge in [-0.25, -0.2) is 0 Å². The highest BCUT2D eigenvalue weighted by Gasteiger charge is 2.23. The zero-order valence-corrected chi connectivity index (χ0v) is 14.5. The minimum absolute atomic E-state index is 0.237. The average molecular weight is 357 g/mol. The quantitative estimate of drug-likeness (QED) is 0.459. The maximum absolute atomic E-state index is 11.9. The van der Waals surface area contributed by atoms with Gasteiger partial charge in [0.05, 0.1) is 12.5 Å². The minimum atomic E-state index is -0.544. The third-order valence-electron chi connectivity index (χ3n) is 2.97. The fourth-order valence-corrected chi connectivity index (χ4v) is 2.15. The molecule has 4 nitrogen and oxygen atoms in total. The van der Waals surface area contributed by atoms with E-state index in [1.54, 1.807) is 6.07 Å². The molecular formula is C16H21BrO4. The molecule has 0 heterocycles. The summed E-state index contributed by atoms with van der Waals surface area (Å²) in [5, 5.41) is 0.629. The molecule has 0 saturated carbocycles. The largest absolute Gasteiger partial charge is 0.469 e. The summed E-state index contributed by atoms with van der Waals surface area (Å²) in [6.45, 7) is 5.43. The molecule has 0 bridgehead atoms. The minimum Gasteiger partial charge on any atom is -0.469 e. The van der Waals surface area contributed by atoms with Crippen LogP contribution < -0.4 is 4.74 Å². The SMILES string of the molecule is COC(=O)CCc1ccc(OC(=O)C(C)(C)C)cc1CBr. The standard InChI is InChI=1S/C16H21BrO4/c1-16(2,3)15(19)21-13-7-5-11(12(9-13)10-17)6-8-14(18)20-4/h5,7,9H,6,8,10H2,1-4H3. The van der Waals surface area contributed by atoms with Crippen LogP contribution in [0.1, 0.15) is 38.3 Å². The van der Waals surface area contributed by atoms with Crippen molar-refractivity contribution in [1.29, 1.82) is 0 Å². The van der Waals surface area contributed by atoms with Crippen LogP contribution >= 0.6 is 15.9 Å². The molecule has 0 atom stereocenters. The molecule has 116 valence electrons.